The van der Waals surface area contributed by atoms with Crippen molar-refractivity contribution in [2.24, 2.45) is 0 Å². The summed E-state index contributed by atoms with van der Waals surface area (Å²) in [5.74, 6) is 0. The summed E-state index contributed by atoms with van der Waals surface area (Å²) in [5.41, 5.74) is 1.86. The maximum absolute atomic E-state index is 13.1. The minimum absolute atomic E-state index is 0.0941. The summed E-state index contributed by atoms with van der Waals surface area (Å²) < 4.78 is 31.5. The molecule has 111 valence electrons. The van der Waals surface area contributed by atoms with E-state index in [-0.39, 0.29) is 5.56 Å². The predicted molar refractivity (Wildman–Crippen MR) is 81.0 cm³/mol. The van der Waals surface area contributed by atoms with Gasteiger partial charge in [0.1, 0.15) is 0 Å². The topological polar surface area (TPSA) is 12.5 Å². The Labute approximate surface area is 123 Å². The van der Waals surface area contributed by atoms with Crippen molar-refractivity contribution in [3.63, 3.8) is 0 Å². The molecule has 0 aromatic heterocycles. The first kappa shape index (κ1) is 14.3. The van der Waals surface area contributed by atoms with Crippen LogP contribution < -0.4 is 4.90 Å². The number of hydrogen-bond donors (Lipinski definition) is 0. The second-order valence-electron chi connectivity index (χ2n) is 5.19. The van der Waals surface area contributed by atoms with E-state index in [9.17, 15) is 8.78 Å². The van der Waals surface area contributed by atoms with E-state index >= 15 is 0 Å². The first-order chi connectivity index (χ1) is 10.2. The van der Waals surface area contributed by atoms with Gasteiger partial charge in [0.2, 0.25) is 0 Å². The van der Waals surface area contributed by atoms with E-state index < -0.39 is 6.43 Å². The molecule has 0 unspecified atom stereocenters. The summed E-state index contributed by atoms with van der Waals surface area (Å²) >= 11 is 0. The average Bonchev–Trinajstić information content (AvgIpc) is 2.53. The molecule has 1 radical (unpaired) electrons. The molecule has 2 nitrogen and oxygen atoms in total. The highest BCUT2D eigenvalue weighted by molar-refractivity contribution is 5.90. The Hall–Kier alpha value is -1.68. The van der Waals surface area contributed by atoms with E-state index in [0.717, 1.165) is 42.8 Å². The minimum Gasteiger partial charge on any atom is -0.378 e. The van der Waals surface area contributed by atoms with Gasteiger partial charge in [-0.3, -0.25) is 0 Å². The monoisotopic (exact) mass is 290 g/mol. The summed E-state index contributed by atoms with van der Waals surface area (Å²) in [5, 5.41) is 1.86. The van der Waals surface area contributed by atoms with Crippen molar-refractivity contribution in [1.82, 2.24) is 0 Å². The Bertz CT molecular complexity index is 636. The van der Waals surface area contributed by atoms with Gasteiger partial charge < -0.3 is 9.64 Å². The summed E-state index contributed by atoms with van der Waals surface area (Å²) in [4.78, 5) is 2.26. The molecule has 0 aliphatic carbocycles. The molecule has 0 saturated carbocycles. The molecule has 1 aliphatic rings. The van der Waals surface area contributed by atoms with Crippen molar-refractivity contribution < 1.29 is 13.5 Å². The van der Waals surface area contributed by atoms with Crippen LogP contribution in [-0.2, 0) is 11.2 Å². The highest BCUT2D eigenvalue weighted by Crippen LogP contribution is 2.32. The minimum atomic E-state index is -2.45. The van der Waals surface area contributed by atoms with Crippen LogP contribution in [0.4, 0.5) is 14.5 Å². The quantitative estimate of drug-likeness (QED) is 0.847. The van der Waals surface area contributed by atoms with Gasteiger partial charge >= 0.3 is 0 Å². The largest absolute Gasteiger partial charge is 0.378 e. The molecule has 0 bridgehead atoms. The zero-order chi connectivity index (χ0) is 14.8. The van der Waals surface area contributed by atoms with E-state index in [1.54, 1.807) is 6.07 Å². The molecule has 1 fully saturated rings. The van der Waals surface area contributed by atoms with Gasteiger partial charge in [-0.15, -0.1) is 0 Å². The summed E-state index contributed by atoms with van der Waals surface area (Å²) in [6.07, 6.45) is -2.08. The standard InChI is InChI=1S/C17H18F2NO/c1-2-14-15-6-4-13(20-7-9-21-10-8-20)11-12(15)3-5-16(14)17(18)19/h3-6,11,17H,1-2,7-10H2. The van der Waals surface area contributed by atoms with Gasteiger partial charge in [0.15, 0.2) is 0 Å². The Balaban J connectivity index is 2.04. The molecule has 21 heavy (non-hydrogen) atoms. The third-order valence-corrected chi connectivity index (χ3v) is 4.01. The van der Waals surface area contributed by atoms with E-state index in [0.29, 0.717) is 12.0 Å². The molecule has 1 aliphatic heterocycles. The Morgan fingerprint density at radius 2 is 1.90 bits per heavy atom. The van der Waals surface area contributed by atoms with Gasteiger partial charge in [0, 0.05) is 24.3 Å². The third kappa shape index (κ3) is 2.72. The molecule has 0 amide bonds. The van der Waals surface area contributed by atoms with Crippen LogP contribution in [0.3, 0.4) is 0 Å². The van der Waals surface area contributed by atoms with E-state index in [2.05, 4.69) is 17.9 Å². The van der Waals surface area contributed by atoms with Crippen LogP contribution in [0.2, 0.25) is 0 Å². The lowest BCUT2D eigenvalue weighted by Gasteiger charge is -2.29. The molecule has 2 aromatic carbocycles. The fraction of sp³-hybridized carbons (Fsp3) is 0.353. The van der Waals surface area contributed by atoms with Crippen LogP contribution in [0.15, 0.2) is 30.3 Å². The lowest BCUT2D eigenvalue weighted by atomic mass is 9.96. The SMILES string of the molecule is [CH2]Cc1c(C(F)F)ccc2cc(N3CCOCC3)ccc12. The number of rotatable bonds is 3. The third-order valence-electron chi connectivity index (χ3n) is 4.01. The lowest BCUT2D eigenvalue weighted by Crippen LogP contribution is -2.36. The van der Waals surface area contributed by atoms with Crippen LogP contribution in [0, 0.1) is 6.92 Å². The van der Waals surface area contributed by atoms with Crippen LogP contribution in [-0.4, -0.2) is 26.3 Å². The molecule has 3 rings (SSSR count). The normalized spacial score (nSPS) is 15.9. The number of morpholine rings is 1. The molecule has 0 spiro atoms. The molecule has 2 aromatic rings. The molecule has 0 N–H and O–H groups in total. The number of hydrogen-bond acceptors (Lipinski definition) is 2. The maximum atomic E-state index is 13.1. The van der Waals surface area contributed by atoms with Crippen LogP contribution >= 0.6 is 0 Å². The number of anilines is 1. The van der Waals surface area contributed by atoms with Crippen molar-refractivity contribution in [3.8, 4) is 0 Å². The van der Waals surface area contributed by atoms with E-state index in [1.807, 2.05) is 12.1 Å². The zero-order valence-corrected chi connectivity index (χ0v) is 11.8. The van der Waals surface area contributed by atoms with Gasteiger partial charge in [-0.25, -0.2) is 8.78 Å². The Morgan fingerprint density at radius 3 is 2.57 bits per heavy atom. The Morgan fingerprint density at radius 1 is 1.14 bits per heavy atom. The highest BCUT2D eigenvalue weighted by Gasteiger charge is 2.16. The van der Waals surface area contributed by atoms with Crippen molar-refractivity contribution in [2.75, 3.05) is 31.2 Å². The number of benzene rings is 2. The predicted octanol–water partition coefficient (Wildman–Crippen LogP) is 3.99. The van der Waals surface area contributed by atoms with Crippen molar-refractivity contribution >= 4 is 16.5 Å². The summed E-state index contributed by atoms with van der Waals surface area (Å²) in [7, 11) is 0. The Kier molecular flexibility index (Phi) is 4.06. The second kappa shape index (κ2) is 5.98. The highest BCUT2D eigenvalue weighted by atomic mass is 19.3. The van der Waals surface area contributed by atoms with Crippen LogP contribution in [0.1, 0.15) is 17.6 Å². The smallest absolute Gasteiger partial charge is 0.264 e. The average molecular weight is 290 g/mol. The summed E-state index contributed by atoms with van der Waals surface area (Å²) in [6.45, 7) is 6.99. The van der Waals surface area contributed by atoms with Crippen molar-refractivity contribution in [3.05, 3.63) is 48.4 Å². The molecule has 0 atom stereocenters. The van der Waals surface area contributed by atoms with Crippen LogP contribution in [0.5, 0.6) is 0 Å². The number of nitrogens with zero attached hydrogens (tertiary/aromatic N) is 1. The molecule has 1 heterocycles. The van der Waals surface area contributed by atoms with E-state index in [4.69, 9.17) is 4.74 Å². The van der Waals surface area contributed by atoms with Gasteiger partial charge in [0.05, 0.1) is 13.2 Å². The van der Waals surface area contributed by atoms with Gasteiger partial charge in [-0.1, -0.05) is 18.2 Å². The lowest BCUT2D eigenvalue weighted by molar-refractivity contribution is 0.122. The van der Waals surface area contributed by atoms with Gasteiger partial charge in [0.25, 0.3) is 6.43 Å². The van der Waals surface area contributed by atoms with Crippen LogP contribution in [0.25, 0.3) is 10.8 Å². The maximum Gasteiger partial charge on any atom is 0.264 e. The first-order valence-corrected chi connectivity index (χ1v) is 7.16. The van der Waals surface area contributed by atoms with E-state index in [1.165, 1.54) is 6.07 Å². The van der Waals surface area contributed by atoms with Gasteiger partial charge in [-0.05, 0) is 41.8 Å². The fourth-order valence-electron chi connectivity index (χ4n) is 2.90. The zero-order valence-electron chi connectivity index (χ0n) is 11.8. The number of ether oxygens (including phenoxy) is 1. The number of alkyl halides is 2. The van der Waals surface area contributed by atoms with Gasteiger partial charge in [-0.2, -0.15) is 0 Å². The molecular weight excluding hydrogens is 272 g/mol. The molecule has 1 saturated heterocycles. The van der Waals surface area contributed by atoms with Crippen molar-refractivity contribution in [1.29, 1.82) is 0 Å². The fourth-order valence-corrected chi connectivity index (χ4v) is 2.90. The summed E-state index contributed by atoms with van der Waals surface area (Å²) in [6, 6.07) is 9.31. The molecular formula is C17H18F2NO. The first-order valence-electron chi connectivity index (χ1n) is 7.16. The number of fused-ring (bicyclic) bond motifs is 1. The van der Waals surface area contributed by atoms with Crippen molar-refractivity contribution in [2.45, 2.75) is 12.8 Å². The second-order valence-corrected chi connectivity index (χ2v) is 5.19. The molecule has 4 heteroatoms. The number of halogens is 2.